The van der Waals surface area contributed by atoms with Crippen molar-refractivity contribution < 1.29 is 9.47 Å². The second-order valence-corrected chi connectivity index (χ2v) is 4.90. The van der Waals surface area contributed by atoms with Crippen LogP contribution in [-0.2, 0) is 6.42 Å². The number of rotatable bonds is 4. The van der Waals surface area contributed by atoms with Crippen molar-refractivity contribution in [2.45, 2.75) is 6.42 Å². The first kappa shape index (κ1) is 12.8. The molecule has 0 bridgehead atoms. The molecule has 0 atom stereocenters. The van der Waals surface area contributed by atoms with Crippen molar-refractivity contribution in [1.82, 2.24) is 25.3 Å². The van der Waals surface area contributed by atoms with Gasteiger partial charge < -0.3 is 14.8 Å². The smallest absolute Gasteiger partial charge is 0.200 e. The molecule has 0 unspecified atom stereocenters. The number of benzene rings is 1. The van der Waals surface area contributed by atoms with Gasteiger partial charge in [0.15, 0.2) is 17.1 Å². The number of aromatic nitrogens is 5. The predicted molar refractivity (Wildman–Crippen MR) is 78.2 cm³/mol. The maximum absolute atomic E-state index is 5.58. The van der Waals surface area contributed by atoms with Gasteiger partial charge >= 0.3 is 0 Å². The van der Waals surface area contributed by atoms with E-state index in [0.717, 1.165) is 30.3 Å². The van der Waals surface area contributed by atoms with Crippen molar-refractivity contribution in [1.29, 1.82) is 0 Å². The van der Waals surface area contributed by atoms with Gasteiger partial charge in [0.05, 0.1) is 0 Å². The molecule has 0 spiro atoms. The number of nitrogens with zero attached hydrogens (tertiary/aromatic N) is 5. The monoisotopic (exact) mass is 298 g/mol. The van der Waals surface area contributed by atoms with E-state index in [2.05, 4.69) is 25.9 Å². The number of fused-ring (bicyclic) bond motifs is 2. The maximum atomic E-state index is 5.58. The van der Waals surface area contributed by atoms with Crippen molar-refractivity contribution in [3.05, 3.63) is 35.9 Å². The summed E-state index contributed by atoms with van der Waals surface area (Å²) in [5, 5.41) is 18.7. The molecule has 1 aromatic carbocycles. The molecule has 22 heavy (non-hydrogen) atoms. The third-order valence-corrected chi connectivity index (χ3v) is 3.40. The van der Waals surface area contributed by atoms with E-state index >= 15 is 0 Å². The number of hydrogen-bond acceptors (Lipinski definition) is 7. The first-order valence-electron chi connectivity index (χ1n) is 7.06. The van der Waals surface area contributed by atoms with Crippen molar-refractivity contribution in [2.24, 2.45) is 0 Å². The quantitative estimate of drug-likeness (QED) is 0.767. The zero-order chi connectivity index (χ0) is 14.8. The zero-order valence-electron chi connectivity index (χ0n) is 11.8. The molecule has 0 saturated carbocycles. The van der Waals surface area contributed by atoms with Crippen LogP contribution in [0.1, 0.15) is 5.56 Å². The molecule has 4 rings (SSSR count). The Morgan fingerprint density at radius 1 is 1.09 bits per heavy atom. The molecule has 0 aliphatic carbocycles. The summed E-state index contributed by atoms with van der Waals surface area (Å²) in [5.74, 6) is 2.36. The third kappa shape index (κ3) is 2.50. The summed E-state index contributed by atoms with van der Waals surface area (Å²) in [6.07, 6.45) is 0.853. The number of hydrogen-bond donors (Lipinski definition) is 1. The molecule has 8 nitrogen and oxygen atoms in total. The van der Waals surface area contributed by atoms with Crippen LogP contribution >= 0.6 is 0 Å². The summed E-state index contributed by atoms with van der Waals surface area (Å²) >= 11 is 0. The summed E-state index contributed by atoms with van der Waals surface area (Å²) in [6, 6.07) is 9.70. The molecular formula is C14H14N6O2. The molecule has 2 aromatic heterocycles. The fourth-order valence-electron chi connectivity index (χ4n) is 2.32. The Labute approximate surface area is 126 Å². The van der Waals surface area contributed by atoms with E-state index in [4.69, 9.17) is 9.47 Å². The minimum atomic E-state index is 0.602. The lowest BCUT2D eigenvalue weighted by atomic mass is 10.1. The normalized spacial score (nSPS) is 13.3. The Bertz CT molecular complexity index is 803. The fourth-order valence-corrected chi connectivity index (χ4v) is 2.32. The van der Waals surface area contributed by atoms with Gasteiger partial charge in [0.2, 0.25) is 0 Å². The molecule has 8 heteroatoms. The van der Waals surface area contributed by atoms with Crippen molar-refractivity contribution in [3.63, 3.8) is 0 Å². The molecule has 1 aliphatic heterocycles. The summed E-state index contributed by atoms with van der Waals surface area (Å²) in [6.45, 7) is 1.96. The second kappa shape index (κ2) is 5.47. The van der Waals surface area contributed by atoms with Gasteiger partial charge in [0.25, 0.3) is 0 Å². The van der Waals surface area contributed by atoms with Crippen LogP contribution in [0.5, 0.6) is 11.5 Å². The molecule has 0 radical (unpaired) electrons. The van der Waals surface area contributed by atoms with E-state index in [0.29, 0.717) is 18.9 Å². The van der Waals surface area contributed by atoms with E-state index in [1.165, 1.54) is 10.2 Å². The average Bonchev–Trinajstić information content (AvgIpc) is 3.02. The molecule has 112 valence electrons. The lowest BCUT2D eigenvalue weighted by Gasteiger charge is -2.18. The van der Waals surface area contributed by atoms with Crippen LogP contribution in [0, 0.1) is 0 Å². The van der Waals surface area contributed by atoms with E-state index in [-0.39, 0.29) is 0 Å². The molecule has 0 fully saturated rings. The molecule has 0 saturated heterocycles. The summed E-state index contributed by atoms with van der Waals surface area (Å²) in [5.41, 5.74) is 1.80. The molecule has 3 heterocycles. The van der Waals surface area contributed by atoms with Gasteiger partial charge in [-0.2, -0.15) is 0 Å². The highest BCUT2D eigenvalue weighted by Gasteiger charge is 2.11. The van der Waals surface area contributed by atoms with Gasteiger partial charge in [-0.1, -0.05) is 6.07 Å². The standard InChI is InChI=1S/C14H14N6O2/c1-2-11-12(22-8-7-21-11)9-10(1)5-6-15-13-3-4-14-16-18-19-20(14)17-13/h1-4,9H,5-8H2,(H,15,17). The minimum absolute atomic E-state index is 0.602. The van der Waals surface area contributed by atoms with Crippen molar-refractivity contribution in [3.8, 4) is 11.5 Å². The van der Waals surface area contributed by atoms with Crippen molar-refractivity contribution in [2.75, 3.05) is 25.1 Å². The first-order chi connectivity index (χ1) is 10.9. The summed E-state index contributed by atoms with van der Waals surface area (Å²) < 4.78 is 12.5. The van der Waals surface area contributed by atoms with Crippen LogP contribution in [0.3, 0.4) is 0 Å². The predicted octanol–water partition coefficient (Wildman–Crippen LogP) is 0.945. The topological polar surface area (TPSA) is 86.5 Å². The van der Waals surface area contributed by atoms with Crippen LogP contribution < -0.4 is 14.8 Å². The van der Waals surface area contributed by atoms with E-state index in [1.54, 1.807) is 0 Å². The van der Waals surface area contributed by atoms with Crippen molar-refractivity contribution >= 4 is 11.5 Å². The van der Waals surface area contributed by atoms with Gasteiger partial charge in [-0.05, 0) is 46.7 Å². The number of anilines is 1. The second-order valence-electron chi connectivity index (χ2n) is 4.90. The maximum Gasteiger partial charge on any atom is 0.200 e. The van der Waals surface area contributed by atoms with Gasteiger partial charge in [0.1, 0.15) is 19.0 Å². The van der Waals surface area contributed by atoms with Crippen LogP contribution in [0.4, 0.5) is 5.82 Å². The molecular weight excluding hydrogens is 284 g/mol. The highest BCUT2D eigenvalue weighted by molar-refractivity contribution is 5.45. The lowest BCUT2D eigenvalue weighted by molar-refractivity contribution is 0.171. The van der Waals surface area contributed by atoms with E-state index in [9.17, 15) is 0 Å². The Hall–Kier alpha value is -2.90. The Kier molecular flexibility index (Phi) is 3.19. The molecule has 0 amide bonds. The van der Waals surface area contributed by atoms with Gasteiger partial charge in [-0.25, -0.2) is 0 Å². The first-order valence-corrected chi connectivity index (χ1v) is 7.06. The average molecular weight is 298 g/mol. The fraction of sp³-hybridized carbons (Fsp3) is 0.286. The molecule has 1 aliphatic rings. The number of ether oxygens (including phenoxy) is 2. The third-order valence-electron chi connectivity index (χ3n) is 3.40. The highest BCUT2D eigenvalue weighted by atomic mass is 16.6. The van der Waals surface area contributed by atoms with E-state index in [1.807, 2.05) is 30.3 Å². The van der Waals surface area contributed by atoms with Crippen LogP contribution in [0.2, 0.25) is 0 Å². The SMILES string of the molecule is c1cc2c(cc1CCNc1ccc3nnnn3n1)OCCO2. The number of tetrazole rings is 1. The van der Waals surface area contributed by atoms with E-state index < -0.39 is 0 Å². The summed E-state index contributed by atoms with van der Waals surface area (Å²) in [7, 11) is 0. The zero-order valence-corrected chi connectivity index (χ0v) is 11.8. The molecule has 3 aromatic rings. The van der Waals surface area contributed by atoms with Crippen LogP contribution in [0.15, 0.2) is 30.3 Å². The lowest BCUT2D eigenvalue weighted by Crippen LogP contribution is -2.15. The largest absolute Gasteiger partial charge is 0.486 e. The number of nitrogens with one attached hydrogen (secondary N) is 1. The highest BCUT2D eigenvalue weighted by Crippen LogP contribution is 2.30. The Balaban J connectivity index is 1.40. The minimum Gasteiger partial charge on any atom is -0.486 e. The van der Waals surface area contributed by atoms with Crippen LogP contribution in [-0.4, -0.2) is 45.0 Å². The Morgan fingerprint density at radius 2 is 2.00 bits per heavy atom. The Morgan fingerprint density at radius 3 is 2.95 bits per heavy atom. The van der Waals surface area contributed by atoms with Gasteiger partial charge in [-0.3, -0.25) is 0 Å². The molecule has 1 N–H and O–H groups in total. The van der Waals surface area contributed by atoms with Crippen LogP contribution in [0.25, 0.3) is 5.65 Å². The summed E-state index contributed by atoms with van der Waals surface area (Å²) in [4.78, 5) is 0. The van der Waals surface area contributed by atoms with Gasteiger partial charge in [-0.15, -0.1) is 14.8 Å². The van der Waals surface area contributed by atoms with Gasteiger partial charge in [0, 0.05) is 6.54 Å².